The third-order valence-corrected chi connectivity index (χ3v) is 6.50. The Labute approximate surface area is 178 Å². The number of hydrogen-bond acceptors (Lipinski definition) is 5. The van der Waals surface area contributed by atoms with Gasteiger partial charge < -0.3 is 4.90 Å². The fourth-order valence-electron chi connectivity index (χ4n) is 5.10. The molecule has 2 atom stereocenters. The van der Waals surface area contributed by atoms with E-state index in [9.17, 15) is 0 Å². The zero-order valence-electron chi connectivity index (χ0n) is 18.1. The molecule has 6 heteroatoms. The molecule has 0 aliphatic carbocycles. The number of nitrogens with zero attached hydrogens (tertiary/aromatic N) is 6. The van der Waals surface area contributed by atoms with Crippen molar-refractivity contribution in [3.05, 3.63) is 65.2 Å². The second-order valence-electron chi connectivity index (χ2n) is 8.75. The van der Waals surface area contributed by atoms with E-state index < -0.39 is 0 Å². The van der Waals surface area contributed by atoms with Crippen LogP contribution >= 0.6 is 0 Å². The average molecular weight is 403 g/mol. The van der Waals surface area contributed by atoms with E-state index in [2.05, 4.69) is 69.3 Å². The maximum absolute atomic E-state index is 4.81. The summed E-state index contributed by atoms with van der Waals surface area (Å²) in [6.07, 6.45) is 3.76. The molecule has 0 saturated carbocycles. The van der Waals surface area contributed by atoms with E-state index >= 15 is 0 Å². The second kappa shape index (κ2) is 7.84. The van der Waals surface area contributed by atoms with E-state index in [4.69, 9.17) is 4.98 Å². The molecular formula is C24H30N6. The lowest BCUT2D eigenvalue weighted by Gasteiger charge is -2.29. The van der Waals surface area contributed by atoms with Crippen LogP contribution in [0.4, 0.5) is 5.82 Å². The van der Waals surface area contributed by atoms with Gasteiger partial charge in [0, 0.05) is 43.5 Å². The minimum atomic E-state index is 0.574. The van der Waals surface area contributed by atoms with Gasteiger partial charge in [0.15, 0.2) is 5.82 Å². The van der Waals surface area contributed by atoms with Crippen LogP contribution in [0.1, 0.15) is 42.0 Å². The quantitative estimate of drug-likeness (QED) is 0.664. The molecule has 0 N–H and O–H groups in total. The third-order valence-electron chi connectivity index (χ3n) is 6.50. The van der Waals surface area contributed by atoms with Crippen molar-refractivity contribution >= 4 is 5.82 Å². The highest BCUT2D eigenvalue weighted by atomic mass is 15.3. The first-order chi connectivity index (χ1) is 14.6. The molecule has 2 unspecified atom stereocenters. The number of fused-ring (bicyclic) bond motifs is 2. The highest BCUT2D eigenvalue weighted by molar-refractivity contribution is 5.45. The van der Waals surface area contributed by atoms with Crippen molar-refractivity contribution in [3.63, 3.8) is 0 Å². The van der Waals surface area contributed by atoms with Crippen LogP contribution in [0.2, 0.25) is 0 Å². The van der Waals surface area contributed by atoms with Crippen molar-refractivity contribution < 1.29 is 0 Å². The molecule has 2 aliphatic heterocycles. The van der Waals surface area contributed by atoms with E-state index in [-0.39, 0.29) is 0 Å². The van der Waals surface area contributed by atoms with Gasteiger partial charge in [0.25, 0.3) is 0 Å². The van der Waals surface area contributed by atoms with Crippen LogP contribution in [0.25, 0.3) is 5.82 Å². The average Bonchev–Trinajstić information content (AvgIpc) is 3.19. The van der Waals surface area contributed by atoms with E-state index in [1.54, 1.807) is 0 Å². The van der Waals surface area contributed by atoms with Crippen molar-refractivity contribution in [2.24, 2.45) is 0 Å². The van der Waals surface area contributed by atoms with Gasteiger partial charge in [-0.2, -0.15) is 5.10 Å². The first kappa shape index (κ1) is 19.2. The van der Waals surface area contributed by atoms with E-state index in [0.717, 1.165) is 48.5 Å². The summed E-state index contributed by atoms with van der Waals surface area (Å²) in [6, 6.07) is 16.3. The summed E-state index contributed by atoms with van der Waals surface area (Å²) in [5, 5.41) is 4.62. The largest absolute Gasteiger partial charge is 0.355 e. The Kier molecular flexibility index (Phi) is 5.03. The molecular weight excluding hydrogens is 372 g/mol. The lowest BCUT2D eigenvalue weighted by molar-refractivity contribution is 0.194. The van der Waals surface area contributed by atoms with Crippen LogP contribution in [0.15, 0.2) is 42.5 Å². The molecule has 2 aliphatic rings. The third kappa shape index (κ3) is 3.72. The SMILES string of the molecule is Cc1cc(C)n(-c2cc(N3CCC4CCC(C3)N4Cc3ccccc3)nc(C)n2)n1. The van der Waals surface area contributed by atoms with Gasteiger partial charge in [0.05, 0.1) is 5.69 Å². The van der Waals surface area contributed by atoms with Gasteiger partial charge in [-0.1, -0.05) is 30.3 Å². The predicted molar refractivity (Wildman–Crippen MR) is 119 cm³/mol. The Bertz CT molecular complexity index is 1030. The minimum absolute atomic E-state index is 0.574. The highest BCUT2D eigenvalue weighted by Crippen LogP contribution is 2.33. The summed E-state index contributed by atoms with van der Waals surface area (Å²) in [6.45, 7) is 9.18. The molecule has 0 amide bonds. The minimum Gasteiger partial charge on any atom is -0.355 e. The smallest absolute Gasteiger partial charge is 0.159 e. The van der Waals surface area contributed by atoms with Crippen LogP contribution in [0, 0.1) is 20.8 Å². The summed E-state index contributed by atoms with van der Waals surface area (Å²) in [5.74, 6) is 2.68. The maximum Gasteiger partial charge on any atom is 0.159 e. The van der Waals surface area contributed by atoms with Gasteiger partial charge in [-0.3, -0.25) is 4.90 Å². The first-order valence-corrected chi connectivity index (χ1v) is 11.0. The summed E-state index contributed by atoms with van der Waals surface area (Å²) in [4.78, 5) is 14.7. The first-order valence-electron chi connectivity index (χ1n) is 11.0. The van der Waals surface area contributed by atoms with Gasteiger partial charge in [-0.05, 0) is 51.7 Å². The zero-order valence-corrected chi connectivity index (χ0v) is 18.1. The van der Waals surface area contributed by atoms with Crippen molar-refractivity contribution in [1.29, 1.82) is 0 Å². The molecule has 30 heavy (non-hydrogen) atoms. The molecule has 2 fully saturated rings. The molecule has 2 saturated heterocycles. The Morgan fingerprint density at radius 1 is 0.900 bits per heavy atom. The summed E-state index contributed by atoms with van der Waals surface area (Å²) in [5.41, 5.74) is 3.52. The molecule has 2 aromatic heterocycles. The number of benzene rings is 1. The van der Waals surface area contributed by atoms with Crippen LogP contribution in [0.3, 0.4) is 0 Å². The fourth-order valence-corrected chi connectivity index (χ4v) is 5.10. The number of aromatic nitrogens is 4. The molecule has 1 aromatic carbocycles. The predicted octanol–water partition coefficient (Wildman–Crippen LogP) is 3.83. The van der Waals surface area contributed by atoms with Crippen molar-refractivity contribution in [3.8, 4) is 5.82 Å². The summed E-state index contributed by atoms with van der Waals surface area (Å²) >= 11 is 0. The fraction of sp³-hybridized carbons (Fsp3) is 0.458. The monoisotopic (exact) mass is 402 g/mol. The van der Waals surface area contributed by atoms with Crippen LogP contribution in [0.5, 0.6) is 0 Å². The van der Waals surface area contributed by atoms with Crippen LogP contribution in [-0.4, -0.2) is 49.8 Å². The molecule has 156 valence electrons. The van der Waals surface area contributed by atoms with Gasteiger partial charge in [-0.25, -0.2) is 14.6 Å². The standard InChI is InChI=1S/C24H30N6/c1-17-13-18(2)30(27-17)24-14-23(25-19(3)26-24)28-12-11-21-9-10-22(16-28)29(21)15-20-7-5-4-6-8-20/h4-8,13-14,21-22H,9-12,15-16H2,1-3H3. The molecule has 2 bridgehead atoms. The maximum atomic E-state index is 4.81. The molecule has 6 nitrogen and oxygen atoms in total. The van der Waals surface area contributed by atoms with Gasteiger partial charge in [0.1, 0.15) is 11.6 Å². The van der Waals surface area contributed by atoms with Crippen molar-refractivity contribution in [2.75, 3.05) is 18.0 Å². The number of hydrogen-bond donors (Lipinski definition) is 0. The zero-order chi connectivity index (χ0) is 20.7. The van der Waals surface area contributed by atoms with E-state index in [1.807, 2.05) is 18.5 Å². The number of anilines is 1. The molecule has 0 spiro atoms. The normalized spacial score (nSPS) is 21.8. The Morgan fingerprint density at radius 2 is 1.67 bits per heavy atom. The highest BCUT2D eigenvalue weighted by Gasteiger charge is 2.37. The number of aryl methyl sites for hydroxylation is 3. The Hall–Kier alpha value is -2.73. The lowest BCUT2D eigenvalue weighted by Crippen LogP contribution is -2.39. The molecule has 4 heterocycles. The molecule has 3 aromatic rings. The van der Waals surface area contributed by atoms with Crippen LogP contribution in [-0.2, 0) is 6.54 Å². The summed E-state index contributed by atoms with van der Waals surface area (Å²) < 4.78 is 1.93. The van der Waals surface area contributed by atoms with Gasteiger partial charge in [-0.15, -0.1) is 0 Å². The van der Waals surface area contributed by atoms with Crippen molar-refractivity contribution in [2.45, 2.75) is 58.7 Å². The topological polar surface area (TPSA) is 50.1 Å². The molecule has 0 radical (unpaired) electrons. The van der Waals surface area contributed by atoms with E-state index in [0.29, 0.717) is 12.1 Å². The summed E-state index contributed by atoms with van der Waals surface area (Å²) in [7, 11) is 0. The van der Waals surface area contributed by atoms with Gasteiger partial charge in [0.2, 0.25) is 0 Å². The Morgan fingerprint density at radius 3 is 2.43 bits per heavy atom. The van der Waals surface area contributed by atoms with Crippen molar-refractivity contribution in [1.82, 2.24) is 24.6 Å². The Balaban J connectivity index is 1.40. The lowest BCUT2D eigenvalue weighted by atomic mass is 10.1. The van der Waals surface area contributed by atoms with E-state index in [1.165, 1.54) is 24.8 Å². The van der Waals surface area contributed by atoms with Crippen LogP contribution < -0.4 is 4.90 Å². The molecule has 5 rings (SSSR count). The van der Waals surface area contributed by atoms with Gasteiger partial charge >= 0.3 is 0 Å². The second-order valence-corrected chi connectivity index (χ2v) is 8.75. The number of rotatable bonds is 4.